The molecule has 5 nitrogen and oxygen atoms in total. The molecule has 2 rings (SSSR count). The highest BCUT2D eigenvalue weighted by atomic mass is 127. The van der Waals surface area contributed by atoms with Gasteiger partial charge in [-0.2, -0.15) is 0 Å². The van der Waals surface area contributed by atoms with Crippen molar-refractivity contribution in [2.75, 3.05) is 26.7 Å². The largest absolute Gasteiger partial charge is 0.356 e. The van der Waals surface area contributed by atoms with Crippen LogP contribution < -0.4 is 10.6 Å². The molecule has 2 N–H and O–H groups in total. The molecule has 0 spiro atoms. The zero-order chi connectivity index (χ0) is 15.9. The highest BCUT2D eigenvalue weighted by molar-refractivity contribution is 14.0. The van der Waals surface area contributed by atoms with Gasteiger partial charge < -0.3 is 15.5 Å². The Balaban J connectivity index is 0.00000264. The molecule has 1 aliphatic heterocycles. The van der Waals surface area contributed by atoms with Gasteiger partial charge in [-0.3, -0.25) is 9.79 Å². The monoisotopic (exact) mass is 436 g/mol. The molecular formula is C17H33IN4O. The van der Waals surface area contributed by atoms with E-state index in [1.165, 1.54) is 25.7 Å². The first-order chi connectivity index (χ1) is 10.6. The number of fused-ring (bicyclic) bond motifs is 1. The Morgan fingerprint density at radius 2 is 1.87 bits per heavy atom. The van der Waals surface area contributed by atoms with E-state index in [9.17, 15) is 4.79 Å². The van der Waals surface area contributed by atoms with Crippen LogP contribution in [0.2, 0.25) is 0 Å². The Hall–Kier alpha value is -0.530. The number of nitrogens with zero attached hydrogens (tertiary/aromatic N) is 2. The number of halogens is 1. The predicted octanol–water partition coefficient (Wildman–Crippen LogP) is 2.61. The number of amides is 1. The van der Waals surface area contributed by atoms with E-state index < -0.39 is 0 Å². The van der Waals surface area contributed by atoms with E-state index in [0.717, 1.165) is 37.3 Å². The van der Waals surface area contributed by atoms with Gasteiger partial charge in [0.1, 0.15) is 0 Å². The van der Waals surface area contributed by atoms with Gasteiger partial charge in [0, 0.05) is 39.1 Å². The summed E-state index contributed by atoms with van der Waals surface area (Å²) in [4.78, 5) is 18.6. The maximum Gasteiger partial charge on any atom is 0.221 e. The average Bonchev–Trinajstić information content (AvgIpc) is 2.95. The summed E-state index contributed by atoms with van der Waals surface area (Å²) in [6.07, 6.45) is 6.99. The van der Waals surface area contributed by atoms with E-state index in [-0.39, 0.29) is 35.9 Å². The zero-order valence-electron chi connectivity index (χ0n) is 14.8. The molecule has 1 saturated heterocycles. The summed E-state index contributed by atoms with van der Waals surface area (Å²) in [6, 6.07) is 0.258. The molecule has 1 saturated carbocycles. The van der Waals surface area contributed by atoms with Crippen molar-refractivity contribution in [2.45, 2.75) is 58.4 Å². The molecule has 3 atom stereocenters. The summed E-state index contributed by atoms with van der Waals surface area (Å²) in [5.41, 5.74) is 0. The Morgan fingerprint density at radius 3 is 2.39 bits per heavy atom. The molecule has 2 aliphatic rings. The van der Waals surface area contributed by atoms with E-state index in [2.05, 4.69) is 27.4 Å². The minimum atomic E-state index is 0. The number of nitrogens with one attached hydrogen (secondary N) is 2. The van der Waals surface area contributed by atoms with Crippen molar-refractivity contribution >= 4 is 35.8 Å². The van der Waals surface area contributed by atoms with Gasteiger partial charge in [-0.05, 0) is 38.0 Å². The summed E-state index contributed by atoms with van der Waals surface area (Å²) in [6.45, 7) is 7.03. The number of likely N-dealkylation sites (tertiary alicyclic amines) is 1. The number of carbonyl (C=O) groups is 1. The first kappa shape index (κ1) is 20.5. The molecule has 1 amide bonds. The van der Waals surface area contributed by atoms with Crippen molar-refractivity contribution < 1.29 is 4.79 Å². The number of hydrogen-bond donors (Lipinski definition) is 2. The van der Waals surface area contributed by atoms with Crippen molar-refractivity contribution in [2.24, 2.45) is 16.8 Å². The van der Waals surface area contributed by atoms with Gasteiger partial charge in [0.15, 0.2) is 5.96 Å². The third-order valence-electron chi connectivity index (χ3n) is 5.14. The zero-order valence-corrected chi connectivity index (χ0v) is 17.1. The lowest BCUT2D eigenvalue weighted by molar-refractivity contribution is -0.121. The predicted molar refractivity (Wildman–Crippen MR) is 106 cm³/mol. The first-order valence-corrected chi connectivity index (χ1v) is 8.89. The number of guanidine groups is 1. The second kappa shape index (κ2) is 10.4. The van der Waals surface area contributed by atoms with E-state index in [0.29, 0.717) is 13.0 Å². The molecule has 0 bridgehead atoms. The molecule has 6 heteroatoms. The molecule has 134 valence electrons. The minimum Gasteiger partial charge on any atom is -0.356 e. The highest BCUT2D eigenvalue weighted by Crippen LogP contribution is 2.35. The van der Waals surface area contributed by atoms with Gasteiger partial charge in [-0.25, -0.2) is 0 Å². The second-order valence-electron chi connectivity index (χ2n) is 6.81. The van der Waals surface area contributed by atoms with Crippen LogP contribution in [0.15, 0.2) is 4.99 Å². The number of aliphatic imine (C=N–C) groups is 1. The molecule has 1 heterocycles. The Labute approximate surface area is 158 Å². The molecule has 1 aliphatic carbocycles. The van der Waals surface area contributed by atoms with Crippen LogP contribution in [0, 0.1) is 11.8 Å². The average molecular weight is 436 g/mol. The normalized spacial score (nSPS) is 25.3. The molecular weight excluding hydrogens is 403 g/mol. The van der Waals surface area contributed by atoms with E-state index in [1.807, 2.05) is 14.0 Å². The first-order valence-electron chi connectivity index (χ1n) is 8.89. The van der Waals surface area contributed by atoms with Crippen LogP contribution in [0.3, 0.4) is 0 Å². The van der Waals surface area contributed by atoms with Gasteiger partial charge in [0.05, 0.1) is 0 Å². The van der Waals surface area contributed by atoms with Crippen LogP contribution in [-0.2, 0) is 4.79 Å². The quantitative estimate of drug-likeness (QED) is 0.396. The maximum atomic E-state index is 11.8. The standard InChI is InChI=1S/C17H32N4O.HI/c1-4-13(2)20-16(22)9-10-19-17(18-3)21-11-14-7-5-6-8-15(14)12-21;/h13-15H,4-12H2,1-3H3,(H,18,19)(H,20,22);1H. The van der Waals surface area contributed by atoms with E-state index in [1.54, 1.807) is 0 Å². The van der Waals surface area contributed by atoms with Crippen molar-refractivity contribution in [1.82, 2.24) is 15.5 Å². The lowest BCUT2D eigenvalue weighted by Crippen LogP contribution is -2.42. The number of carbonyl (C=O) groups excluding carboxylic acids is 1. The fourth-order valence-corrected chi connectivity index (χ4v) is 3.65. The van der Waals surface area contributed by atoms with E-state index >= 15 is 0 Å². The van der Waals surface area contributed by atoms with Gasteiger partial charge in [0.25, 0.3) is 0 Å². The summed E-state index contributed by atoms with van der Waals surface area (Å²) in [5.74, 6) is 2.78. The molecule has 0 aromatic carbocycles. The van der Waals surface area contributed by atoms with Crippen molar-refractivity contribution in [3.8, 4) is 0 Å². The van der Waals surface area contributed by atoms with Crippen LogP contribution in [-0.4, -0.2) is 49.5 Å². The molecule has 23 heavy (non-hydrogen) atoms. The van der Waals surface area contributed by atoms with Gasteiger partial charge in [0.2, 0.25) is 5.91 Å². The van der Waals surface area contributed by atoms with Gasteiger partial charge in [-0.1, -0.05) is 19.8 Å². The van der Waals surface area contributed by atoms with Crippen molar-refractivity contribution in [1.29, 1.82) is 0 Å². The Bertz CT molecular complexity index is 388. The summed E-state index contributed by atoms with van der Waals surface area (Å²) >= 11 is 0. The maximum absolute atomic E-state index is 11.8. The van der Waals surface area contributed by atoms with Crippen LogP contribution in [0.5, 0.6) is 0 Å². The van der Waals surface area contributed by atoms with Gasteiger partial charge >= 0.3 is 0 Å². The lowest BCUT2D eigenvalue weighted by atomic mass is 9.82. The van der Waals surface area contributed by atoms with Crippen LogP contribution in [0.4, 0.5) is 0 Å². The second-order valence-corrected chi connectivity index (χ2v) is 6.81. The Morgan fingerprint density at radius 1 is 1.26 bits per heavy atom. The third-order valence-corrected chi connectivity index (χ3v) is 5.14. The van der Waals surface area contributed by atoms with Crippen molar-refractivity contribution in [3.63, 3.8) is 0 Å². The third kappa shape index (κ3) is 6.12. The van der Waals surface area contributed by atoms with Crippen LogP contribution in [0.25, 0.3) is 0 Å². The molecule has 2 fully saturated rings. The fraction of sp³-hybridized carbons (Fsp3) is 0.882. The van der Waals surface area contributed by atoms with E-state index in [4.69, 9.17) is 0 Å². The lowest BCUT2D eigenvalue weighted by Gasteiger charge is -2.22. The molecule has 3 unspecified atom stereocenters. The number of rotatable bonds is 5. The minimum absolute atomic E-state index is 0. The number of hydrogen-bond acceptors (Lipinski definition) is 2. The van der Waals surface area contributed by atoms with Gasteiger partial charge in [-0.15, -0.1) is 24.0 Å². The summed E-state index contributed by atoms with van der Waals surface area (Å²) in [7, 11) is 1.84. The van der Waals surface area contributed by atoms with Crippen LogP contribution in [0.1, 0.15) is 52.4 Å². The van der Waals surface area contributed by atoms with Crippen LogP contribution >= 0.6 is 24.0 Å². The molecule has 0 aromatic heterocycles. The molecule has 0 radical (unpaired) electrons. The van der Waals surface area contributed by atoms with Crippen molar-refractivity contribution in [3.05, 3.63) is 0 Å². The summed E-state index contributed by atoms with van der Waals surface area (Å²) in [5, 5.41) is 6.36. The topological polar surface area (TPSA) is 56.7 Å². The fourth-order valence-electron chi connectivity index (χ4n) is 3.65. The highest BCUT2D eigenvalue weighted by Gasteiger charge is 2.35. The summed E-state index contributed by atoms with van der Waals surface area (Å²) < 4.78 is 0. The molecule has 0 aromatic rings. The Kier molecular flexibility index (Phi) is 9.24. The smallest absolute Gasteiger partial charge is 0.221 e. The SMILES string of the molecule is CCC(C)NC(=O)CCNC(=NC)N1CC2CCCCC2C1.I.